The summed E-state index contributed by atoms with van der Waals surface area (Å²) < 4.78 is 11.5. The first kappa shape index (κ1) is 19.5. The fourth-order valence-electron chi connectivity index (χ4n) is 3.40. The lowest BCUT2D eigenvalue weighted by molar-refractivity contribution is 0.0604. The number of rotatable bonds is 4. The second kappa shape index (κ2) is 8.15. The van der Waals surface area contributed by atoms with Gasteiger partial charge in [-0.2, -0.15) is 5.26 Å². The maximum absolute atomic E-state index is 12.9. The van der Waals surface area contributed by atoms with Gasteiger partial charge in [0.25, 0.3) is 5.91 Å². The van der Waals surface area contributed by atoms with Gasteiger partial charge in [0, 0.05) is 26.2 Å². The Morgan fingerprint density at radius 3 is 2.30 bits per heavy atom. The second-order valence-electron chi connectivity index (χ2n) is 6.54. The number of aryl methyl sites for hydroxylation is 2. The summed E-state index contributed by atoms with van der Waals surface area (Å²) >= 11 is 3.45. The zero-order valence-corrected chi connectivity index (χ0v) is 17.2. The number of carbonyl (C=O) groups is 1. The van der Waals surface area contributed by atoms with Crippen molar-refractivity contribution >= 4 is 21.8 Å². The molecule has 0 N–H and O–H groups in total. The summed E-state index contributed by atoms with van der Waals surface area (Å²) in [4.78, 5) is 16.8. The molecule has 1 unspecified atom stereocenters. The molecule has 0 bridgehead atoms. The van der Waals surface area contributed by atoms with Crippen LogP contribution in [0.25, 0.3) is 0 Å². The van der Waals surface area contributed by atoms with E-state index in [1.165, 1.54) is 0 Å². The molecule has 2 aromatic rings. The van der Waals surface area contributed by atoms with Gasteiger partial charge in [-0.05, 0) is 47.5 Å². The van der Waals surface area contributed by atoms with Crippen molar-refractivity contribution in [3.8, 4) is 11.8 Å². The Balaban J connectivity index is 1.68. The highest BCUT2D eigenvalue weighted by molar-refractivity contribution is 9.10. The number of piperazine rings is 1. The Hall–Kier alpha value is -2.30. The summed E-state index contributed by atoms with van der Waals surface area (Å²) in [6.45, 7) is 6.06. The van der Waals surface area contributed by atoms with E-state index in [1.807, 2.05) is 36.1 Å². The average Bonchev–Trinajstić information content (AvgIpc) is 2.94. The van der Waals surface area contributed by atoms with Crippen molar-refractivity contribution in [3.63, 3.8) is 0 Å². The lowest BCUT2D eigenvalue weighted by Gasteiger charge is -2.37. The summed E-state index contributed by atoms with van der Waals surface area (Å²) in [6.07, 6.45) is 0. The van der Waals surface area contributed by atoms with Crippen LogP contribution in [-0.2, 0) is 0 Å². The van der Waals surface area contributed by atoms with Crippen molar-refractivity contribution in [2.45, 2.75) is 19.9 Å². The van der Waals surface area contributed by atoms with E-state index in [0.717, 1.165) is 15.8 Å². The third-order valence-corrected chi connectivity index (χ3v) is 5.88. The first-order valence-electron chi connectivity index (χ1n) is 8.78. The minimum atomic E-state index is -0.335. The summed E-state index contributed by atoms with van der Waals surface area (Å²) in [6, 6.07) is 9.60. The number of methoxy groups -OCH3 is 1. The molecule has 0 spiro atoms. The van der Waals surface area contributed by atoms with E-state index in [-0.39, 0.29) is 11.9 Å². The molecule has 142 valence electrons. The fourth-order valence-corrected chi connectivity index (χ4v) is 3.92. The molecule has 0 radical (unpaired) electrons. The van der Waals surface area contributed by atoms with Crippen LogP contribution in [0.5, 0.6) is 5.75 Å². The molecule has 0 aliphatic carbocycles. The molecule has 1 saturated heterocycles. The largest absolute Gasteiger partial charge is 0.497 e. The van der Waals surface area contributed by atoms with Gasteiger partial charge in [-0.15, -0.1) is 0 Å². The van der Waals surface area contributed by atoms with E-state index in [0.29, 0.717) is 43.3 Å². The lowest BCUT2D eigenvalue weighted by atomic mass is 10.1. The van der Waals surface area contributed by atoms with Crippen LogP contribution in [-0.4, -0.2) is 49.0 Å². The van der Waals surface area contributed by atoms with Crippen LogP contribution in [0, 0.1) is 25.2 Å². The third-order valence-electron chi connectivity index (χ3n) is 4.92. The van der Waals surface area contributed by atoms with E-state index in [2.05, 4.69) is 26.9 Å². The summed E-state index contributed by atoms with van der Waals surface area (Å²) in [7, 11) is 1.62. The Bertz CT molecular complexity index is 862. The van der Waals surface area contributed by atoms with Crippen molar-refractivity contribution in [3.05, 3.63) is 51.4 Å². The number of nitrogens with zero attached hydrogens (tertiary/aromatic N) is 3. The highest BCUT2D eigenvalue weighted by Crippen LogP contribution is 2.29. The maximum atomic E-state index is 12.9. The molecule has 1 aromatic carbocycles. The molecular weight excluding hydrogens is 410 g/mol. The molecule has 1 fully saturated rings. The predicted octanol–water partition coefficient (Wildman–Crippen LogP) is 3.69. The molecule has 27 heavy (non-hydrogen) atoms. The normalized spacial score (nSPS) is 16.0. The number of halogens is 1. The molecule has 6 nitrogen and oxygen atoms in total. The third kappa shape index (κ3) is 3.87. The van der Waals surface area contributed by atoms with Gasteiger partial charge < -0.3 is 14.1 Å². The SMILES string of the molecule is COc1ccc(C(C#N)N2CCN(C(=O)c3c(C)oc(C)c3Br)CC2)cc1. The van der Waals surface area contributed by atoms with Gasteiger partial charge in [0.2, 0.25) is 0 Å². The van der Waals surface area contributed by atoms with Crippen LogP contribution in [0.2, 0.25) is 0 Å². The van der Waals surface area contributed by atoms with Crippen LogP contribution >= 0.6 is 15.9 Å². The first-order chi connectivity index (χ1) is 13.0. The van der Waals surface area contributed by atoms with Crippen LogP contribution < -0.4 is 4.74 Å². The monoisotopic (exact) mass is 431 g/mol. The van der Waals surface area contributed by atoms with Crippen molar-refractivity contribution < 1.29 is 13.9 Å². The van der Waals surface area contributed by atoms with Gasteiger partial charge in [-0.3, -0.25) is 9.69 Å². The molecule has 0 saturated carbocycles. The van der Waals surface area contributed by atoms with E-state index < -0.39 is 0 Å². The molecule has 1 aliphatic heterocycles. The number of hydrogen-bond donors (Lipinski definition) is 0. The van der Waals surface area contributed by atoms with Crippen LogP contribution in [0.4, 0.5) is 0 Å². The predicted molar refractivity (Wildman–Crippen MR) is 105 cm³/mol. The summed E-state index contributed by atoms with van der Waals surface area (Å²) in [5, 5.41) is 9.66. The molecule has 2 heterocycles. The quantitative estimate of drug-likeness (QED) is 0.737. The number of furan rings is 1. The van der Waals surface area contributed by atoms with Crippen LogP contribution in [0.1, 0.15) is 33.5 Å². The topological polar surface area (TPSA) is 69.7 Å². The highest BCUT2D eigenvalue weighted by atomic mass is 79.9. The molecule has 1 atom stereocenters. The van der Waals surface area contributed by atoms with Gasteiger partial charge in [0.05, 0.1) is 23.2 Å². The minimum absolute atomic E-state index is 0.0335. The van der Waals surface area contributed by atoms with E-state index in [9.17, 15) is 10.1 Å². The Morgan fingerprint density at radius 2 is 1.81 bits per heavy atom. The van der Waals surface area contributed by atoms with Crippen LogP contribution in [0.15, 0.2) is 33.2 Å². The molecule has 1 aromatic heterocycles. The number of carbonyl (C=O) groups excluding carboxylic acids is 1. The van der Waals surface area contributed by atoms with Gasteiger partial charge >= 0.3 is 0 Å². The first-order valence-corrected chi connectivity index (χ1v) is 9.58. The fraction of sp³-hybridized carbons (Fsp3) is 0.400. The summed E-state index contributed by atoms with van der Waals surface area (Å²) in [5.41, 5.74) is 1.52. The Kier molecular flexibility index (Phi) is 5.88. The zero-order valence-electron chi connectivity index (χ0n) is 15.7. The molecule has 1 amide bonds. The van der Waals surface area contributed by atoms with Crippen molar-refractivity contribution in [1.29, 1.82) is 5.26 Å². The average molecular weight is 432 g/mol. The molecule has 1 aliphatic rings. The van der Waals surface area contributed by atoms with E-state index >= 15 is 0 Å². The summed E-state index contributed by atoms with van der Waals surface area (Å²) in [5.74, 6) is 2.06. The number of benzene rings is 1. The second-order valence-corrected chi connectivity index (χ2v) is 7.33. The van der Waals surface area contributed by atoms with E-state index in [4.69, 9.17) is 9.15 Å². The highest BCUT2D eigenvalue weighted by Gasteiger charge is 2.30. The molecule has 7 heteroatoms. The zero-order chi connectivity index (χ0) is 19.6. The van der Waals surface area contributed by atoms with E-state index in [1.54, 1.807) is 14.0 Å². The van der Waals surface area contributed by atoms with Crippen molar-refractivity contribution in [2.24, 2.45) is 0 Å². The van der Waals surface area contributed by atoms with Crippen molar-refractivity contribution in [1.82, 2.24) is 9.80 Å². The Morgan fingerprint density at radius 1 is 1.19 bits per heavy atom. The van der Waals surface area contributed by atoms with Gasteiger partial charge in [-0.25, -0.2) is 0 Å². The standard InChI is InChI=1S/C20H22BrN3O3/c1-13-18(19(21)14(2)27-13)20(25)24-10-8-23(9-11-24)17(12-22)15-4-6-16(26-3)7-5-15/h4-7,17H,8-11H2,1-3H3. The smallest absolute Gasteiger partial charge is 0.258 e. The van der Waals surface area contributed by atoms with Crippen LogP contribution in [0.3, 0.4) is 0 Å². The number of ether oxygens (including phenoxy) is 1. The molecular formula is C20H22BrN3O3. The van der Waals surface area contributed by atoms with Gasteiger partial charge in [0.15, 0.2) is 0 Å². The number of nitriles is 1. The molecule has 3 rings (SSSR count). The van der Waals surface area contributed by atoms with Crippen molar-refractivity contribution in [2.75, 3.05) is 33.3 Å². The van der Waals surface area contributed by atoms with Gasteiger partial charge in [0.1, 0.15) is 23.3 Å². The van der Waals surface area contributed by atoms with Gasteiger partial charge in [-0.1, -0.05) is 12.1 Å². The lowest BCUT2D eigenvalue weighted by Crippen LogP contribution is -2.49. The number of amides is 1. The Labute approximate surface area is 167 Å². The maximum Gasteiger partial charge on any atom is 0.258 e. The minimum Gasteiger partial charge on any atom is -0.497 e. The number of hydrogen-bond acceptors (Lipinski definition) is 5.